The second kappa shape index (κ2) is 5.19. The van der Waals surface area contributed by atoms with E-state index in [2.05, 4.69) is 4.98 Å². The van der Waals surface area contributed by atoms with Crippen LogP contribution in [-0.4, -0.2) is 24.8 Å². The minimum Gasteiger partial charge on any atom is -0.380 e. The van der Waals surface area contributed by atoms with E-state index in [4.69, 9.17) is 0 Å². The minimum absolute atomic E-state index is 0.254. The Bertz CT molecular complexity index is 1040. The number of rotatable bonds is 2. The van der Waals surface area contributed by atoms with Gasteiger partial charge in [0.1, 0.15) is 5.60 Å². The van der Waals surface area contributed by atoms with Crippen LogP contribution in [0.1, 0.15) is 29.5 Å². The van der Waals surface area contributed by atoms with Gasteiger partial charge in [-0.1, -0.05) is 18.2 Å². The van der Waals surface area contributed by atoms with Crippen LogP contribution < -0.4 is 0 Å². The molecule has 1 aromatic heterocycles. The molecule has 0 radical (unpaired) electrons. The Morgan fingerprint density at radius 3 is 2.67 bits per heavy atom. The number of aromatic amines is 1. The number of aliphatic hydroxyl groups is 1. The highest BCUT2D eigenvalue weighted by Crippen LogP contribution is 2.42. The summed E-state index contributed by atoms with van der Waals surface area (Å²) in [7, 11) is -3.31. The smallest absolute Gasteiger partial charge is 0.175 e. The Hall–Kier alpha value is -2.11. The molecule has 2 N–H and O–H groups in total. The summed E-state index contributed by atoms with van der Waals surface area (Å²) in [5.41, 5.74) is 1.39. The summed E-state index contributed by atoms with van der Waals surface area (Å²) in [6.45, 7) is 0. The topological polar surface area (TPSA) is 70.2 Å². The van der Waals surface area contributed by atoms with Crippen molar-refractivity contribution < 1.29 is 13.5 Å². The molecule has 3 aromatic rings. The van der Waals surface area contributed by atoms with E-state index in [9.17, 15) is 13.5 Å². The van der Waals surface area contributed by atoms with Gasteiger partial charge in [0.2, 0.25) is 0 Å². The van der Waals surface area contributed by atoms with Gasteiger partial charge in [-0.05, 0) is 64.9 Å². The fourth-order valence-corrected chi connectivity index (χ4v) is 4.32. The molecular formula is C19H19NO3S. The highest BCUT2D eigenvalue weighted by atomic mass is 32.2. The van der Waals surface area contributed by atoms with Crippen molar-refractivity contribution >= 4 is 20.6 Å². The Labute approximate surface area is 141 Å². The van der Waals surface area contributed by atoms with Crippen molar-refractivity contribution in [1.29, 1.82) is 0 Å². The molecule has 1 unspecified atom stereocenters. The molecule has 0 bridgehead atoms. The predicted molar refractivity (Wildman–Crippen MR) is 93.8 cm³/mol. The first-order valence-electron chi connectivity index (χ1n) is 8.01. The van der Waals surface area contributed by atoms with Crippen LogP contribution in [0.5, 0.6) is 0 Å². The lowest BCUT2D eigenvalue weighted by Gasteiger charge is -2.35. The van der Waals surface area contributed by atoms with Crippen LogP contribution >= 0.6 is 0 Å². The lowest BCUT2D eigenvalue weighted by atomic mass is 9.75. The Kier molecular flexibility index (Phi) is 3.34. The fraction of sp³-hybridized carbons (Fsp3) is 0.263. The molecule has 0 fully saturated rings. The zero-order valence-electron chi connectivity index (χ0n) is 13.4. The van der Waals surface area contributed by atoms with Gasteiger partial charge in [-0.25, -0.2) is 8.42 Å². The summed E-state index contributed by atoms with van der Waals surface area (Å²) >= 11 is 0. The first-order chi connectivity index (χ1) is 11.4. The zero-order chi connectivity index (χ0) is 16.9. The third-order valence-corrected chi connectivity index (χ3v) is 6.09. The Morgan fingerprint density at radius 2 is 1.88 bits per heavy atom. The van der Waals surface area contributed by atoms with Crippen molar-refractivity contribution in [2.75, 3.05) is 6.26 Å². The summed E-state index contributed by atoms with van der Waals surface area (Å²) < 4.78 is 23.8. The second-order valence-corrected chi connectivity index (χ2v) is 8.62. The van der Waals surface area contributed by atoms with E-state index in [1.54, 1.807) is 12.1 Å². The van der Waals surface area contributed by atoms with E-state index >= 15 is 0 Å². The first-order valence-corrected chi connectivity index (χ1v) is 9.90. The van der Waals surface area contributed by atoms with Crippen LogP contribution in [0.15, 0.2) is 53.7 Å². The monoisotopic (exact) mass is 341 g/mol. The van der Waals surface area contributed by atoms with Crippen molar-refractivity contribution in [3.63, 3.8) is 0 Å². The van der Waals surface area contributed by atoms with Crippen LogP contribution in [0.3, 0.4) is 0 Å². The van der Waals surface area contributed by atoms with Crippen LogP contribution in [0.25, 0.3) is 10.8 Å². The SMILES string of the molecule is CS(=O)(=O)c1ccc2c(c1)C(O)(c1ccc3c[nH]cc3c1)CCC2. The van der Waals surface area contributed by atoms with Crippen molar-refractivity contribution in [3.8, 4) is 0 Å². The summed E-state index contributed by atoms with van der Waals surface area (Å²) in [5.74, 6) is 0. The number of hydrogen-bond acceptors (Lipinski definition) is 3. The van der Waals surface area contributed by atoms with Crippen LogP contribution in [-0.2, 0) is 21.9 Å². The van der Waals surface area contributed by atoms with Crippen molar-refractivity contribution in [3.05, 3.63) is 65.5 Å². The van der Waals surface area contributed by atoms with Gasteiger partial charge in [0.25, 0.3) is 0 Å². The molecule has 0 amide bonds. The molecule has 1 atom stereocenters. The molecule has 1 aliphatic rings. The van der Waals surface area contributed by atoms with Gasteiger partial charge in [0.15, 0.2) is 9.84 Å². The van der Waals surface area contributed by atoms with E-state index in [1.165, 1.54) is 6.26 Å². The molecule has 4 rings (SSSR count). The lowest BCUT2D eigenvalue weighted by Crippen LogP contribution is -2.32. The quantitative estimate of drug-likeness (QED) is 0.752. The molecule has 4 nitrogen and oxygen atoms in total. The maximum absolute atomic E-state index is 11.9. The number of fused-ring (bicyclic) bond motifs is 2. The van der Waals surface area contributed by atoms with Gasteiger partial charge in [-0.15, -0.1) is 0 Å². The number of aryl methyl sites for hydroxylation is 1. The fourth-order valence-electron chi connectivity index (χ4n) is 3.67. The molecular weight excluding hydrogens is 322 g/mol. The summed E-state index contributed by atoms with van der Waals surface area (Å²) in [6.07, 6.45) is 7.32. The van der Waals surface area contributed by atoms with Gasteiger partial charge in [0.05, 0.1) is 4.90 Å². The first kappa shape index (κ1) is 15.4. The van der Waals surface area contributed by atoms with Gasteiger partial charge in [0, 0.05) is 18.6 Å². The highest BCUT2D eigenvalue weighted by molar-refractivity contribution is 7.90. The van der Waals surface area contributed by atoms with E-state index in [1.807, 2.05) is 36.7 Å². The molecule has 0 saturated heterocycles. The number of hydrogen-bond donors (Lipinski definition) is 2. The molecule has 1 aliphatic carbocycles. The molecule has 0 aliphatic heterocycles. The van der Waals surface area contributed by atoms with Crippen LogP contribution in [0.4, 0.5) is 0 Å². The van der Waals surface area contributed by atoms with Gasteiger partial charge in [-0.3, -0.25) is 0 Å². The van der Waals surface area contributed by atoms with Crippen LogP contribution in [0, 0.1) is 0 Å². The van der Waals surface area contributed by atoms with Gasteiger partial charge < -0.3 is 10.1 Å². The average Bonchev–Trinajstić information content (AvgIpc) is 3.01. The standard InChI is InChI=1S/C19H19NO3S/c1-24(22,23)17-7-5-13-3-2-8-19(21,18(13)10-17)16-6-4-14-11-20-12-15(14)9-16/h4-7,9-12,20-21H,2-3,8H2,1H3. The maximum atomic E-state index is 11.9. The number of H-pyrrole nitrogens is 1. The van der Waals surface area contributed by atoms with Crippen molar-refractivity contribution in [2.45, 2.75) is 29.8 Å². The number of benzene rings is 2. The third kappa shape index (κ3) is 2.36. The van der Waals surface area contributed by atoms with E-state index < -0.39 is 15.4 Å². The van der Waals surface area contributed by atoms with Gasteiger partial charge >= 0.3 is 0 Å². The number of nitrogens with one attached hydrogen (secondary N) is 1. The summed E-state index contributed by atoms with van der Waals surface area (Å²) in [6, 6.07) is 11.0. The Balaban J connectivity index is 1.93. The van der Waals surface area contributed by atoms with E-state index in [-0.39, 0.29) is 4.90 Å². The summed E-state index contributed by atoms with van der Waals surface area (Å²) in [4.78, 5) is 3.32. The number of aromatic nitrogens is 1. The molecule has 2 aromatic carbocycles. The predicted octanol–water partition coefficient (Wildman–Crippen LogP) is 3.14. The van der Waals surface area contributed by atoms with Crippen molar-refractivity contribution in [1.82, 2.24) is 4.98 Å². The maximum Gasteiger partial charge on any atom is 0.175 e. The average molecular weight is 341 g/mol. The summed E-state index contributed by atoms with van der Waals surface area (Å²) in [5, 5.41) is 13.6. The van der Waals surface area contributed by atoms with Crippen LogP contribution in [0.2, 0.25) is 0 Å². The normalized spacial score (nSPS) is 20.9. The molecule has 1 heterocycles. The van der Waals surface area contributed by atoms with E-state index in [0.717, 1.165) is 34.7 Å². The molecule has 24 heavy (non-hydrogen) atoms. The lowest BCUT2D eigenvalue weighted by molar-refractivity contribution is 0.0615. The minimum atomic E-state index is -3.31. The van der Waals surface area contributed by atoms with E-state index in [0.29, 0.717) is 12.0 Å². The molecule has 0 spiro atoms. The zero-order valence-corrected chi connectivity index (χ0v) is 14.2. The molecule has 0 saturated carbocycles. The second-order valence-electron chi connectivity index (χ2n) is 6.60. The Morgan fingerprint density at radius 1 is 1.08 bits per heavy atom. The third-order valence-electron chi connectivity index (χ3n) is 4.98. The molecule has 124 valence electrons. The van der Waals surface area contributed by atoms with Crippen molar-refractivity contribution in [2.24, 2.45) is 0 Å². The molecule has 5 heteroatoms. The highest BCUT2D eigenvalue weighted by Gasteiger charge is 2.36. The number of sulfone groups is 1. The largest absolute Gasteiger partial charge is 0.380 e. The van der Waals surface area contributed by atoms with Gasteiger partial charge in [-0.2, -0.15) is 0 Å².